The lowest BCUT2D eigenvalue weighted by atomic mass is 9.93. The second-order valence-corrected chi connectivity index (χ2v) is 5.87. The van der Waals surface area contributed by atoms with Gasteiger partial charge in [0.25, 0.3) is 0 Å². The van der Waals surface area contributed by atoms with Gasteiger partial charge in [0.1, 0.15) is 12.1 Å². The molecule has 0 saturated carbocycles. The van der Waals surface area contributed by atoms with Crippen LogP contribution in [0.5, 0.6) is 0 Å². The molecule has 3 fully saturated rings. The molecule has 0 aromatic heterocycles. The number of ether oxygens (including phenoxy) is 1. The first-order valence-corrected chi connectivity index (χ1v) is 6.76. The maximum Gasteiger partial charge on any atom is 0.246 e. The number of hydrogen-bond acceptors (Lipinski definition) is 3. The zero-order valence-corrected chi connectivity index (χ0v) is 11.0. The lowest BCUT2D eigenvalue weighted by Crippen LogP contribution is -2.67. The molecule has 3 atom stereocenters. The zero-order chi connectivity index (χ0) is 12.9. The second-order valence-electron chi connectivity index (χ2n) is 5.87. The highest BCUT2D eigenvalue weighted by Crippen LogP contribution is 2.35. The Balaban J connectivity index is 1.93. The number of nitrogens with zero attached hydrogens (tertiary/aromatic N) is 2. The van der Waals surface area contributed by atoms with Crippen LogP contribution in [0.1, 0.15) is 33.1 Å². The van der Waals surface area contributed by atoms with Gasteiger partial charge in [-0.1, -0.05) is 0 Å². The summed E-state index contributed by atoms with van der Waals surface area (Å²) in [5, 5.41) is 0. The maximum atomic E-state index is 12.6. The summed E-state index contributed by atoms with van der Waals surface area (Å²) < 4.78 is 5.44. The third kappa shape index (κ3) is 1.49. The van der Waals surface area contributed by atoms with Crippen molar-refractivity contribution in [3.63, 3.8) is 0 Å². The van der Waals surface area contributed by atoms with Crippen LogP contribution in [0, 0.1) is 0 Å². The lowest BCUT2D eigenvalue weighted by Gasteiger charge is -2.48. The van der Waals surface area contributed by atoms with Gasteiger partial charge in [-0.05, 0) is 33.1 Å². The molecule has 0 aromatic carbocycles. The van der Waals surface area contributed by atoms with Crippen LogP contribution in [0.3, 0.4) is 0 Å². The Bertz CT molecular complexity index is 390. The van der Waals surface area contributed by atoms with E-state index in [1.165, 1.54) is 0 Å². The number of rotatable bonds is 1. The van der Waals surface area contributed by atoms with Gasteiger partial charge >= 0.3 is 0 Å². The monoisotopic (exact) mass is 252 g/mol. The molecule has 0 N–H and O–H groups in total. The van der Waals surface area contributed by atoms with E-state index < -0.39 is 0 Å². The summed E-state index contributed by atoms with van der Waals surface area (Å²) in [5.41, 5.74) is -0.305. The molecule has 0 radical (unpaired) electrons. The van der Waals surface area contributed by atoms with Crippen LogP contribution in [0.2, 0.25) is 0 Å². The summed E-state index contributed by atoms with van der Waals surface area (Å²) in [5.74, 6) is 0.220. The molecular weight excluding hydrogens is 232 g/mol. The third-order valence-electron chi connectivity index (χ3n) is 4.58. The van der Waals surface area contributed by atoms with Crippen molar-refractivity contribution in [2.45, 2.75) is 50.7 Å². The Morgan fingerprint density at radius 2 is 2.11 bits per heavy atom. The third-order valence-corrected chi connectivity index (χ3v) is 4.58. The summed E-state index contributed by atoms with van der Waals surface area (Å²) in [6, 6.07) is -0.565. The summed E-state index contributed by atoms with van der Waals surface area (Å²) in [6.45, 7) is 5.84. The van der Waals surface area contributed by atoms with E-state index in [1.807, 2.05) is 13.8 Å². The predicted molar refractivity (Wildman–Crippen MR) is 64.9 cm³/mol. The average Bonchev–Trinajstić information content (AvgIpc) is 2.95. The molecule has 0 spiro atoms. The van der Waals surface area contributed by atoms with E-state index in [-0.39, 0.29) is 29.4 Å². The van der Waals surface area contributed by atoms with E-state index in [1.54, 1.807) is 9.80 Å². The number of fused-ring (bicyclic) bond motifs is 1. The summed E-state index contributed by atoms with van der Waals surface area (Å²) >= 11 is 0. The Morgan fingerprint density at radius 1 is 1.33 bits per heavy atom. The molecule has 3 aliphatic heterocycles. The van der Waals surface area contributed by atoms with Gasteiger partial charge in [0.2, 0.25) is 11.8 Å². The Labute approximate surface area is 107 Å². The smallest absolute Gasteiger partial charge is 0.246 e. The fourth-order valence-corrected chi connectivity index (χ4v) is 3.57. The fraction of sp³-hybridized carbons (Fsp3) is 0.846. The standard InChI is InChI=1S/C13H20N2O3/c1-9-11(16)14-6-3-4-10(14)12(17)15(9)13(2)5-7-18-8-13/h9-10H,3-8H2,1-2H3. The molecule has 5 heteroatoms. The zero-order valence-electron chi connectivity index (χ0n) is 11.0. The minimum Gasteiger partial charge on any atom is -0.379 e. The molecule has 2 amide bonds. The van der Waals surface area contributed by atoms with Crippen LogP contribution in [0.25, 0.3) is 0 Å². The molecule has 0 bridgehead atoms. The van der Waals surface area contributed by atoms with Crippen molar-refractivity contribution in [2.75, 3.05) is 19.8 Å². The Hall–Kier alpha value is -1.10. The van der Waals surface area contributed by atoms with Crippen molar-refractivity contribution < 1.29 is 14.3 Å². The molecular formula is C13H20N2O3. The Kier molecular flexibility index (Phi) is 2.62. The van der Waals surface area contributed by atoms with Gasteiger partial charge in [-0.2, -0.15) is 0 Å². The van der Waals surface area contributed by atoms with Crippen LogP contribution in [0.15, 0.2) is 0 Å². The van der Waals surface area contributed by atoms with E-state index >= 15 is 0 Å². The first-order chi connectivity index (χ1) is 8.54. The summed E-state index contributed by atoms with van der Waals surface area (Å²) in [7, 11) is 0. The molecule has 100 valence electrons. The van der Waals surface area contributed by atoms with Crippen LogP contribution in [0.4, 0.5) is 0 Å². The van der Waals surface area contributed by atoms with E-state index in [0.717, 1.165) is 25.8 Å². The SMILES string of the molecule is CC1C(=O)N2CCCC2C(=O)N1C1(C)CCOC1. The normalized spacial score (nSPS) is 40.6. The van der Waals surface area contributed by atoms with Crippen LogP contribution in [-0.4, -0.2) is 59.0 Å². The van der Waals surface area contributed by atoms with Gasteiger partial charge in [-0.3, -0.25) is 9.59 Å². The molecule has 5 nitrogen and oxygen atoms in total. The van der Waals surface area contributed by atoms with Crippen molar-refractivity contribution in [2.24, 2.45) is 0 Å². The minimum absolute atomic E-state index is 0.102. The van der Waals surface area contributed by atoms with Gasteiger partial charge in [0.15, 0.2) is 0 Å². The van der Waals surface area contributed by atoms with Crippen molar-refractivity contribution >= 4 is 11.8 Å². The quantitative estimate of drug-likeness (QED) is 0.678. The summed E-state index contributed by atoms with van der Waals surface area (Å²) in [4.78, 5) is 28.6. The largest absolute Gasteiger partial charge is 0.379 e. The van der Waals surface area contributed by atoms with E-state index in [0.29, 0.717) is 13.2 Å². The Morgan fingerprint density at radius 3 is 2.78 bits per heavy atom. The van der Waals surface area contributed by atoms with E-state index in [2.05, 4.69) is 0 Å². The molecule has 3 heterocycles. The highest BCUT2D eigenvalue weighted by molar-refractivity contribution is 5.97. The molecule has 3 unspecified atom stereocenters. The summed E-state index contributed by atoms with van der Waals surface area (Å²) in [6.07, 6.45) is 2.57. The van der Waals surface area contributed by atoms with E-state index in [4.69, 9.17) is 4.74 Å². The maximum absolute atomic E-state index is 12.6. The van der Waals surface area contributed by atoms with E-state index in [9.17, 15) is 9.59 Å². The topological polar surface area (TPSA) is 49.9 Å². The number of hydrogen-bond donors (Lipinski definition) is 0. The van der Waals surface area contributed by atoms with Gasteiger partial charge in [-0.15, -0.1) is 0 Å². The fourth-order valence-electron chi connectivity index (χ4n) is 3.57. The number of carbonyl (C=O) groups is 2. The number of carbonyl (C=O) groups excluding carboxylic acids is 2. The predicted octanol–water partition coefficient (Wildman–Crippen LogP) is 0.387. The van der Waals surface area contributed by atoms with Crippen LogP contribution >= 0.6 is 0 Å². The van der Waals surface area contributed by atoms with Crippen molar-refractivity contribution in [3.05, 3.63) is 0 Å². The second kappa shape index (κ2) is 3.95. The molecule has 3 rings (SSSR count). The highest BCUT2D eigenvalue weighted by Gasteiger charge is 2.52. The van der Waals surface area contributed by atoms with Gasteiger partial charge in [-0.25, -0.2) is 0 Å². The average molecular weight is 252 g/mol. The van der Waals surface area contributed by atoms with Crippen LogP contribution < -0.4 is 0 Å². The number of amides is 2. The number of piperazine rings is 1. The molecule has 3 aliphatic rings. The molecule has 3 saturated heterocycles. The molecule has 18 heavy (non-hydrogen) atoms. The molecule has 0 aromatic rings. The highest BCUT2D eigenvalue weighted by atomic mass is 16.5. The minimum atomic E-state index is -0.349. The van der Waals surface area contributed by atoms with Crippen molar-refractivity contribution in [1.82, 2.24) is 9.80 Å². The van der Waals surface area contributed by atoms with Gasteiger partial charge < -0.3 is 14.5 Å². The first kappa shape index (κ1) is 12.0. The first-order valence-electron chi connectivity index (χ1n) is 6.76. The van der Waals surface area contributed by atoms with Gasteiger partial charge in [0.05, 0.1) is 12.1 Å². The lowest BCUT2D eigenvalue weighted by molar-refractivity contribution is -0.165. The molecule has 0 aliphatic carbocycles. The van der Waals surface area contributed by atoms with Crippen molar-refractivity contribution in [1.29, 1.82) is 0 Å². The van der Waals surface area contributed by atoms with Gasteiger partial charge in [0, 0.05) is 13.2 Å². The van der Waals surface area contributed by atoms with Crippen molar-refractivity contribution in [3.8, 4) is 0 Å². The van der Waals surface area contributed by atoms with Crippen LogP contribution in [-0.2, 0) is 14.3 Å².